The van der Waals surface area contributed by atoms with Crippen molar-refractivity contribution in [2.75, 3.05) is 20.3 Å². The quantitative estimate of drug-likeness (QED) is 0.758. The predicted molar refractivity (Wildman–Crippen MR) is 73.4 cm³/mol. The Balaban J connectivity index is 2.26. The molecule has 5 heteroatoms. The van der Waals surface area contributed by atoms with Crippen LogP contribution in [0, 0.1) is 0 Å². The van der Waals surface area contributed by atoms with E-state index in [2.05, 4.69) is 21.2 Å². The van der Waals surface area contributed by atoms with Gasteiger partial charge < -0.3 is 15.2 Å². The maximum Gasteiger partial charge on any atom is 0.0785 e. The van der Waals surface area contributed by atoms with Crippen molar-refractivity contribution in [1.29, 1.82) is 0 Å². The van der Waals surface area contributed by atoms with E-state index in [4.69, 9.17) is 16.3 Å². The van der Waals surface area contributed by atoms with E-state index in [1.165, 1.54) is 0 Å². The first-order valence-corrected chi connectivity index (χ1v) is 6.62. The number of nitrogens with one attached hydrogen (secondary N) is 1. The standard InChI is InChI=1S/C12H17BrClNO2/c1-17-8-11(16)4-5-15-7-9-2-3-10(14)6-12(9)13/h2-3,6,11,15-16H,4-5,7-8H2,1H3. The number of aliphatic hydroxyl groups is 1. The molecule has 0 saturated heterocycles. The summed E-state index contributed by atoms with van der Waals surface area (Å²) < 4.78 is 5.85. The zero-order chi connectivity index (χ0) is 12.7. The van der Waals surface area contributed by atoms with E-state index in [0.29, 0.717) is 13.0 Å². The molecule has 2 N–H and O–H groups in total. The van der Waals surface area contributed by atoms with Gasteiger partial charge in [0.25, 0.3) is 0 Å². The second-order valence-corrected chi connectivity index (χ2v) is 5.10. The topological polar surface area (TPSA) is 41.5 Å². The van der Waals surface area contributed by atoms with E-state index in [1.54, 1.807) is 7.11 Å². The monoisotopic (exact) mass is 321 g/mol. The smallest absolute Gasteiger partial charge is 0.0785 e. The fourth-order valence-corrected chi connectivity index (χ4v) is 2.26. The van der Waals surface area contributed by atoms with Crippen LogP contribution in [0.4, 0.5) is 0 Å². The Labute approximate surface area is 115 Å². The van der Waals surface area contributed by atoms with Crippen molar-refractivity contribution in [3.05, 3.63) is 33.3 Å². The molecular formula is C12H17BrClNO2. The Bertz CT molecular complexity index is 349. The second kappa shape index (κ2) is 8.06. The van der Waals surface area contributed by atoms with Gasteiger partial charge in [0.05, 0.1) is 12.7 Å². The number of rotatable bonds is 7. The predicted octanol–water partition coefficient (Wildman–Crippen LogP) is 2.59. The van der Waals surface area contributed by atoms with Gasteiger partial charge in [-0.25, -0.2) is 0 Å². The van der Waals surface area contributed by atoms with Gasteiger partial charge in [0, 0.05) is 23.1 Å². The lowest BCUT2D eigenvalue weighted by Gasteiger charge is -2.10. The van der Waals surface area contributed by atoms with Gasteiger partial charge in [-0.3, -0.25) is 0 Å². The largest absolute Gasteiger partial charge is 0.391 e. The molecule has 1 aromatic rings. The van der Waals surface area contributed by atoms with Gasteiger partial charge in [0.15, 0.2) is 0 Å². The number of hydrogen-bond acceptors (Lipinski definition) is 3. The molecule has 3 nitrogen and oxygen atoms in total. The minimum atomic E-state index is -0.402. The van der Waals surface area contributed by atoms with Crippen molar-refractivity contribution in [2.24, 2.45) is 0 Å². The Morgan fingerprint density at radius 1 is 1.53 bits per heavy atom. The third-order valence-electron chi connectivity index (χ3n) is 2.34. The minimum Gasteiger partial charge on any atom is -0.391 e. The van der Waals surface area contributed by atoms with Gasteiger partial charge in [-0.15, -0.1) is 0 Å². The maximum atomic E-state index is 9.45. The first kappa shape index (κ1) is 14.9. The molecule has 0 aliphatic heterocycles. The average molecular weight is 323 g/mol. The molecule has 96 valence electrons. The zero-order valence-electron chi connectivity index (χ0n) is 9.75. The molecule has 1 atom stereocenters. The number of benzene rings is 1. The van der Waals surface area contributed by atoms with Crippen LogP contribution in [0.5, 0.6) is 0 Å². The fraction of sp³-hybridized carbons (Fsp3) is 0.500. The summed E-state index contributed by atoms with van der Waals surface area (Å²) in [5.41, 5.74) is 1.15. The third kappa shape index (κ3) is 5.84. The molecule has 17 heavy (non-hydrogen) atoms. The normalized spacial score (nSPS) is 12.7. The van der Waals surface area contributed by atoms with E-state index in [1.807, 2.05) is 18.2 Å². The first-order valence-electron chi connectivity index (χ1n) is 5.45. The summed E-state index contributed by atoms with van der Waals surface area (Å²) in [6, 6.07) is 5.71. The summed E-state index contributed by atoms with van der Waals surface area (Å²) in [5, 5.41) is 13.4. The molecule has 0 amide bonds. The number of aliphatic hydroxyl groups excluding tert-OH is 1. The molecule has 0 aliphatic rings. The molecule has 1 unspecified atom stereocenters. The van der Waals surface area contributed by atoms with Gasteiger partial charge in [-0.2, -0.15) is 0 Å². The van der Waals surface area contributed by atoms with Crippen LogP contribution in [0.2, 0.25) is 5.02 Å². The molecule has 0 heterocycles. The summed E-state index contributed by atoms with van der Waals surface area (Å²) in [6.07, 6.45) is 0.278. The Morgan fingerprint density at radius 3 is 2.94 bits per heavy atom. The molecule has 0 aromatic heterocycles. The summed E-state index contributed by atoms with van der Waals surface area (Å²) in [7, 11) is 1.58. The highest BCUT2D eigenvalue weighted by Gasteiger charge is 2.03. The highest BCUT2D eigenvalue weighted by molar-refractivity contribution is 9.10. The van der Waals surface area contributed by atoms with E-state index in [9.17, 15) is 5.11 Å². The zero-order valence-corrected chi connectivity index (χ0v) is 12.1. The Morgan fingerprint density at radius 2 is 2.29 bits per heavy atom. The molecular weight excluding hydrogens is 305 g/mol. The highest BCUT2D eigenvalue weighted by Crippen LogP contribution is 2.21. The molecule has 0 bridgehead atoms. The maximum absolute atomic E-state index is 9.45. The third-order valence-corrected chi connectivity index (χ3v) is 3.32. The van der Waals surface area contributed by atoms with Gasteiger partial charge >= 0.3 is 0 Å². The van der Waals surface area contributed by atoms with Crippen LogP contribution in [0.25, 0.3) is 0 Å². The van der Waals surface area contributed by atoms with Crippen LogP contribution in [0.1, 0.15) is 12.0 Å². The summed E-state index contributed by atoms with van der Waals surface area (Å²) in [5.74, 6) is 0. The molecule has 0 radical (unpaired) electrons. The van der Waals surface area contributed by atoms with Crippen LogP contribution in [0.15, 0.2) is 22.7 Å². The van der Waals surface area contributed by atoms with Gasteiger partial charge in [0.1, 0.15) is 0 Å². The molecule has 0 spiro atoms. The number of halogens is 2. The number of hydrogen-bond donors (Lipinski definition) is 2. The Hall–Kier alpha value is -0.130. The lowest BCUT2D eigenvalue weighted by atomic mass is 10.2. The van der Waals surface area contributed by atoms with E-state index in [0.717, 1.165) is 28.1 Å². The minimum absolute atomic E-state index is 0.381. The van der Waals surface area contributed by atoms with Crippen LogP contribution >= 0.6 is 27.5 Å². The fourth-order valence-electron chi connectivity index (χ4n) is 1.43. The average Bonchev–Trinajstić information content (AvgIpc) is 2.27. The lowest BCUT2D eigenvalue weighted by molar-refractivity contribution is 0.0594. The molecule has 0 fully saturated rings. The van der Waals surface area contributed by atoms with Crippen molar-refractivity contribution in [3.8, 4) is 0 Å². The summed E-state index contributed by atoms with van der Waals surface area (Å²) in [4.78, 5) is 0. The van der Waals surface area contributed by atoms with Gasteiger partial charge in [0.2, 0.25) is 0 Å². The first-order chi connectivity index (χ1) is 8.13. The van der Waals surface area contributed by atoms with Crippen molar-refractivity contribution in [1.82, 2.24) is 5.32 Å². The number of methoxy groups -OCH3 is 1. The van der Waals surface area contributed by atoms with Crippen molar-refractivity contribution >= 4 is 27.5 Å². The SMILES string of the molecule is COCC(O)CCNCc1ccc(Cl)cc1Br. The van der Waals surface area contributed by atoms with Crippen molar-refractivity contribution < 1.29 is 9.84 Å². The summed E-state index contributed by atoms with van der Waals surface area (Å²) >= 11 is 9.32. The molecule has 0 saturated carbocycles. The van der Waals surface area contributed by atoms with Crippen LogP contribution in [0.3, 0.4) is 0 Å². The summed E-state index contributed by atoms with van der Waals surface area (Å²) in [6.45, 7) is 1.88. The van der Waals surface area contributed by atoms with Crippen molar-refractivity contribution in [3.63, 3.8) is 0 Å². The molecule has 0 aliphatic carbocycles. The molecule has 1 aromatic carbocycles. The van der Waals surface area contributed by atoms with Gasteiger partial charge in [-0.05, 0) is 30.7 Å². The lowest BCUT2D eigenvalue weighted by Crippen LogP contribution is -2.23. The highest BCUT2D eigenvalue weighted by atomic mass is 79.9. The second-order valence-electron chi connectivity index (χ2n) is 3.81. The van der Waals surface area contributed by atoms with E-state index in [-0.39, 0.29) is 0 Å². The Kier molecular flexibility index (Phi) is 7.08. The van der Waals surface area contributed by atoms with E-state index < -0.39 is 6.10 Å². The van der Waals surface area contributed by atoms with E-state index >= 15 is 0 Å². The number of ether oxygens (including phenoxy) is 1. The van der Waals surface area contributed by atoms with Crippen LogP contribution in [-0.4, -0.2) is 31.5 Å². The van der Waals surface area contributed by atoms with Gasteiger partial charge in [-0.1, -0.05) is 33.6 Å². The van der Waals surface area contributed by atoms with Crippen LogP contribution < -0.4 is 5.32 Å². The molecule has 1 rings (SSSR count). The van der Waals surface area contributed by atoms with Crippen LogP contribution in [-0.2, 0) is 11.3 Å². The van der Waals surface area contributed by atoms with Crippen molar-refractivity contribution in [2.45, 2.75) is 19.1 Å².